The minimum atomic E-state index is 0.289. The zero-order chi connectivity index (χ0) is 13.7. The lowest BCUT2D eigenvalue weighted by molar-refractivity contribution is -0.132. The van der Waals surface area contributed by atoms with E-state index in [4.69, 9.17) is 5.73 Å². The quantitative estimate of drug-likeness (QED) is 0.829. The first-order chi connectivity index (χ1) is 8.24. The van der Waals surface area contributed by atoms with Crippen LogP contribution in [0.5, 0.6) is 0 Å². The predicted octanol–water partition coefficient (Wildman–Crippen LogP) is 3.04. The molecule has 0 spiro atoms. The lowest BCUT2D eigenvalue weighted by Gasteiger charge is -2.30. The third-order valence-electron chi connectivity index (χ3n) is 2.73. The Balaban J connectivity index is 0. The standard InChI is InChI=1S/C10H20N2O.2C2H6/c1-9-4-7-12(8-5-9)10(13)3-2-6-11;2*1-2/h9H,2-8,11H2,1H3;2*1-2H3. The van der Waals surface area contributed by atoms with Crippen LogP contribution >= 0.6 is 0 Å². The molecule has 1 fully saturated rings. The van der Waals surface area contributed by atoms with Gasteiger partial charge in [-0.15, -0.1) is 0 Å². The van der Waals surface area contributed by atoms with Crippen LogP contribution in [0.3, 0.4) is 0 Å². The van der Waals surface area contributed by atoms with E-state index in [1.807, 2.05) is 32.6 Å². The molecular weight excluding hydrogens is 212 g/mol. The average molecular weight is 244 g/mol. The van der Waals surface area contributed by atoms with Crippen LogP contribution in [0.4, 0.5) is 0 Å². The van der Waals surface area contributed by atoms with Crippen molar-refractivity contribution in [3.63, 3.8) is 0 Å². The fourth-order valence-electron chi connectivity index (χ4n) is 1.67. The molecule has 3 nitrogen and oxygen atoms in total. The number of amides is 1. The smallest absolute Gasteiger partial charge is 0.222 e. The van der Waals surface area contributed by atoms with Gasteiger partial charge in [-0.05, 0) is 31.7 Å². The van der Waals surface area contributed by atoms with Gasteiger partial charge in [0.15, 0.2) is 0 Å². The minimum absolute atomic E-state index is 0.289. The highest BCUT2D eigenvalue weighted by Gasteiger charge is 2.19. The zero-order valence-corrected chi connectivity index (χ0v) is 12.5. The molecule has 104 valence electrons. The molecule has 0 aromatic heterocycles. The summed E-state index contributed by atoms with van der Waals surface area (Å²) in [7, 11) is 0. The van der Waals surface area contributed by atoms with Crippen LogP contribution in [0.15, 0.2) is 0 Å². The predicted molar refractivity (Wildman–Crippen MR) is 76.0 cm³/mol. The van der Waals surface area contributed by atoms with Crippen molar-refractivity contribution in [1.82, 2.24) is 4.90 Å². The van der Waals surface area contributed by atoms with Gasteiger partial charge >= 0.3 is 0 Å². The van der Waals surface area contributed by atoms with Gasteiger partial charge in [0.25, 0.3) is 0 Å². The van der Waals surface area contributed by atoms with E-state index in [2.05, 4.69) is 6.92 Å². The van der Waals surface area contributed by atoms with Crippen molar-refractivity contribution in [2.75, 3.05) is 19.6 Å². The van der Waals surface area contributed by atoms with Crippen LogP contribution in [-0.4, -0.2) is 30.4 Å². The van der Waals surface area contributed by atoms with Crippen molar-refractivity contribution < 1.29 is 4.79 Å². The van der Waals surface area contributed by atoms with E-state index in [0.717, 1.165) is 38.3 Å². The van der Waals surface area contributed by atoms with Crippen molar-refractivity contribution in [1.29, 1.82) is 0 Å². The van der Waals surface area contributed by atoms with E-state index < -0.39 is 0 Å². The van der Waals surface area contributed by atoms with Gasteiger partial charge in [-0.1, -0.05) is 34.6 Å². The molecule has 1 heterocycles. The molecular formula is C14H32N2O. The van der Waals surface area contributed by atoms with Gasteiger partial charge in [0.2, 0.25) is 5.91 Å². The Labute approximate surface area is 108 Å². The van der Waals surface area contributed by atoms with Crippen molar-refractivity contribution in [2.45, 2.75) is 60.3 Å². The lowest BCUT2D eigenvalue weighted by atomic mass is 9.99. The summed E-state index contributed by atoms with van der Waals surface area (Å²) >= 11 is 0. The molecule has 2 N–H and O–H groups in total. The molecule has 1 amide bonds. The number of carbonyl (C=O) groups excluding carboxylic acids is 1. The molecule has 0 aliphatic carbocycles. The Morgan fingerprint density at radius 2 is 1.65 bits per heavy atom. The molecule has 0 unspecified atom stereocenters. The highest BCUT2D eigenvalue weighted by atomic mass is 16.2. The summed E-state index contributed by atoms with van der Waals surface area (Å²) in [6.07, 6.45) is 3.78. The van der Waals surface area contributed by atoms with Gasteiger partial charge in [-0.3, -0.25) is 4.79 Å². The number of nitrogens with zero attached hydrogens (tertiary/aromatic N) is 1. The molecule has 17 heavy (non-hydrogen) atoms. The summed E-state index contributed by atoms with van der Waals surface area (Å²) in [6.45, 7) is 12.8. The van der Waals surface area contributed by atoms with Crippen LogP contribution in [0.1, 0.15) is 60.3 Å². The number of carbonyl (C=O) groups is 1. The highest BCUT2D eigenvalue weighted by Crippen LogP contribution is 2.16. The summed E-state index contributed by atoms with van der Waals surface area (Å²) in [5.41, 5.74) is 5.36. The third kappa shape index (κ3) is 9.16. The van der Waals surface area contributed by atoms with E-state index in [9.17, 15) is 4.79 Å². The summed E-state index contributed by atoms with van der Waals surface area (Å²) in [5.74, 6) is 1.08. The van der Waals surface area contributed by atoms with E-state index in [1.54, 1.807) is 0 Å². The summed E-state index contributed by atoms with van der Waals surface area (Å²) in [4.78, 5) is 13.5. The fourth-order valence-corrected chi connectivity index (χ4v) is 1.67. The summed E-state index contributed by atoms with van der Waals surface area (Å²) in [6, 6.07) is 0. The SMILES string of the molecule is CC.CC.CC1CCN(C(=O)CCCN)CC1. The molecule has 0 saturated carbocycles. The Morgan fingerprint density at radius 1 is 1.18 bits per heavy atom. The maximum absolute atomic E-state index is 11.5. The van der Waals surface area contributed by atoms with E-state index >= 15 is 0 Å². The molecule has 1 saturated heterocycles. The van der Waals surface area contributed by atoms with Gasteiger partial charge < -0.3 is 10.6 Å². The summed E-state index contributed by atoms with van der Waals surface area (Å²) < 4.78 is 0. The molecule has 0 aromatic carbocycles. The maximum atomic E-state index is 11.5. The van der Waals surface area contributed by atoms with E-state index in [-0.39, 0.29) is 5.91 Å². The van der Waals surface area contributed by atoms with Crippen LogP contribution in [0.25, 0.3) is 0 Å². The topological polar surface area (TPSA) is 46.3 Å². The highest BCUT2D eigenvalue weighted by molar-refractivity contribution is 5.76. The Bertz CT molecular complexity index is 164. The number of nitrogens with two attached hydrogens (primary N) is 1. The van der Waals surface area contributed by atoms with Crippen LogP contribution in [0.2, 0.25) is 0 Å². The van der Waals surface area contributed by atoms with Gasteiger partial charge in [-0.25, -0.2) is 0 Å². The number of rotatable bonds is 3. The second-order valence-corrected chi connectivity index (χ2v) is 3.96. The molecule has 0 bridgehead atoms. The molecule has 0 atom stereocenters. The average Bonchev–Trinajstić information content (AvgIpc) is 2.41. The third-order valence-corrected chi connectivity index (χ3v) is 2.73. The minimum Gasteiger partial charge on any atom is -0.343 e. The first kappa shape index (κ1) is 18.8. The number of hydrogen-bond acceptors (Lipinski definition) is 2. The largest absolute Gasteiger partial charge is 0.343 e. The molecule has 1 rings (SSSR count). The molecule has 1 aliphatic heterocycles. The molecule has 3 heteroatoms. The first-order valence-electron chi connectivity index (χ1n) is 7.22. The first-order valence-corrected chi connectivity index (χ1v) is 7.22. The maximum Gasteiger partial charge on any atom is 0.222 e. The van der Waals surface area contributed by atoms with Gasteiger partial charge in [0.05, 0.1) is 0 Å². The second kappa shape index (κ2) is 13.5. The van der Waals surface area contributed by atoms with Crippen molar-refractivity contribution in [2.24, 2.45) is 11.7 Å². The Hall–Kier alpha value is -0.570. The van der Waals surface area contributed by atoms with Gasteiger partial charge in [-0.2, -0.15) is 0 Å². The Kier molecular flexibility index (Phi) is 14.9. The molecule has 0 aromatic rings. The monoisotopic (exact) mass is 244 g/mol. The van der Waals surface area contributed by atoms with Crippen molar-refractivity contribution in [3.8, 4) is 0 Å². The summed E-state index contributed by atoms with van der Waals surface area (Å²) in [5, 5.41) is 0. The van der Waals surface area contributed by atoms with Crippen LogP contribution < -0.4 is 5.73 Å². The van der Waals surface area contributed by atoms with Crippen LogP contribution in [-0.2, 0) is 4.79 Å². The normalized spacial score (nSPS) is 15.3. The van der Waals surface area contributed by atoms with E-state index in [0.29, 0.717) is 13.0 Å². The van der Waals surface area contributed by atoms with Gasteiger partial charge in [0, 0.05) is 19.5 Å². The van der Waals surface area contributed by atoms with Gasteiger partial charge in [0.1, 0.15) is 0 Å². The van der Waals surface area contributed by atoms with Crippen molar-refractivity contribution in [3.05, 3.63) is 0 Å². The number of likely N-dealkylation sites (tertiary alicyclic amines) is 1. The zero-order valence-electron chi connectivity index (χ0n) is 12.5. The lowest BCUT2D eigenvalue weighted by Crippen LogP contribution is -2.37. The van der Waals surface area contributed by atoms with E-state index in [1.165, 1.54) is 0 Å². The van der Waals surface area contributed by atoms with Crippen molar-refractivity contribution >= 4 is 5.91 Å². The number of hydrogen-bond donors (Lipinski definition) is 1. The Morgan fingerprint density at radius 3 is 2.06 bits per heavy atom. The van der Waals surface area contributed by atoms with Crippen LogP contribution in [0, 0.1) is 5.92 Å². The number of piperidine rings is 1. The fraction of sp³-hybridized carbons (Fsp3) is 0.929. The molecule has 0 radical (unpaired) electrons. The second-order valence-electron chi connectivity index (χ2n) is 3.96. The molecule has 1 aliphatic rings.